The Hall–Kier alpha value is -3.15. The van der Waals surface area contributed by atoms with Gasteiger partial charge < -0.3 is 9.64 Å². The van der Waals surface area contributed by atoms with E-state index in [0.29, 0.717) is 24.3 Å². The average Bonchev–Trinajstić information content (AvgIpc) is 3.04. The highest BCUT2D eigenvalue weighted by atomic mass is 19.1. The molecule has 5 nitrogen and oxygen atoms in total. The van der Waals surface area contributed by atoms with Gasteiger partial charge >= 0.3 is 0 Å². The van der Waals surface area contributed by atoms with Gasteiger partial charge in [-0.15, -0.1) is 0 Å². The number of likely N-dealkylation sites (tertiary alicyclic amines) is 1. The number of carbonyl (C=O) groups is 2. The zero-order valence-electron chi connectivity index (χ0n) is 17.8. The van der Waals surface area contributed by atoms with Crippen molar-refractivity contribution < 1.29 is 18.7 Å². The maximum atomic E-state index is 13.4. The molecule has 0 aliphatic carbocycles. The number of benzene rings is 2. The van der Waals surface area contributed by atoms with Crippen molar-refractivity contribution in [2.45, 2.75) is 32.6 Å². The summed E-state index contributed by atoms with van der Waals surface area (Å²) in [5.74, 6) is -0.0741. The molecule has 2 aromatic rings. The van der Waals surface area contributed by atoms with Crippen LogP contribution in [0.4, 0.5) is 4.39 Å². The molecule has 0 saturated carbocycles. The molecule has 0 radical (unpaired) electrons. The minimum atomic E-state index is -0.302. The number of hydrogen-bond acceptors (Lipinski definition) is 4. The third-order valence-electron chi connectivity index (χ3n) is 5.81. The number of hydrogen-bond donors (Lipinski definition) is 0. The summed E-state index contributed by atoms with van der Waals surface area (Å²) >= 11 is 0. The summed E-state index contributed by atoms with van der Waals surface area (Å²) in [4.78, 5) is 30.1. The predicted octanol–water partition coefficient (Wildman–Crippen LogP) is 4.03. The molecule has 0 atom stereocenters. The van der Waals surface area contributed by atoms with Crippen LogP contribution in [0, 0.1) is 5.82 Å². The molecule has 2 aliphatic rings. The summed E-state index contributed by atoms with van der Waals surface area (Å²) in [5, 5.41) is 0. The lowest BCUT2D eigenvalue weighted by atomic mass is 10.0. The Labute approximate surface area is 182 Å². The van der Waals surface area contributed by atoms with Gasteiger partial charge in [0.05, 0.1) is 12.2 Å². The molecule has 0 spiro atoms. The molecule has 1 fully saturated rings. The van der Waals surface area contributed by atoms with Crippen molar-refractivity contribution in [3.05, 3.63) is 71.2 Å². The largest absolute Gasteiger partial charge is 0.494 e. The molecule has 0 N–H and O–H groups in total. The van der Waals surface area contributed by atoms with E-state index in [1.165, 1.54) is 17.0 Å². The first-order valence-corrected chi connectivity index (χ1v) is 10.9. The first-order valence-electron chi connectivity index (χ1n) is 10.9. The highest BCUT2D eigenvalue weighted by molar-refractivity contribution is 6.35. The normalized spacial score (nSPS) is 17.0. The number of imide groups is 1. The molecule has 2 amide bonds. The summed E-state index contributed by atoms with van der Waals surface area (Å²) in [5.41, 5.74) is 2.59. The van der Waals surface area contributed by atoms with Crippen molar-refractivity contribution in [2.75, 3.05) is 26.2 Å². The van der Waals surface area contributed by atoms with Gasteiger partial charge in [0, 0.05) is 19.6 Å². The van der Waals surface area contributed by atoms with E-state index in [1.807, 2.05) is 31.2 Å². The molecule has 0 bridgehead atoms. The number of nitrogens with zero attached hydrogens (tertiary/aromatic N) is 2. The van der Waals surface area contributed by atoms with E-state index in [-0.39, 0.29) is 24.2 Å². The van der Waals surface area contributed by atoms with E-state index in [4.69, 9.17) is 4.74 Å². The van der Waals surface area contributed by atoms with Crippen LogP contribution >= 0.6 is 0 Å². The molecular weight excluding hydrogens is 395 g/mol. The molecule has 2 heterocycles. The average molecular weight is 423 g/mol. The van der Waals surface area contributed by atoms with Gasteiger partial charge in [-0.05, 0) is 68.0 Å². The minimum absolute atomic E-state index is 0.238. The fraction of sp³-hybridized carbons (Fsp3) is 0.360. The maximum absolute atomic E-state index is 13.4. The predicted molar refractivity (Wildman–Crippen MR) is 117 cm³/mol. The lowest BCUT2D eigenvalue weighted by Gasteiger charge is -2.29. The van der Waals surface area contributed by atoms with Crippen LogP contribution in [0.2, 0.25) is 0 Å². The van der Waals surface area contributed by atoms with E-state index < -0.39 is 0 Å². The number of rotatable bonds is 7. The highest BCUT2D eigenvalue weighted by Crippen LogP contribution is 2.34. The first-order chi connectivity index (χ1) is 15.1. The second-order valence-corrected chi connectivity index (χ2v) is 7.87. The van der Waals surface area contributed by atoms with Crippen LogP contribution in [0.1, 0.15) is 37.3 Å². The number of ether oxygens (including phenoxy) is 1. The fourth-order valence-corrected chi connectivity index (χ4v) is 4.21. The Morgan fingerprint density at radius 2 is 1.58 bits per heavy atom. The molecule has 2 aliphatic heterocycles. The smallest absolute Gasteiger partial charge is 0.277 e. The lowest BCUT2D eigenvalue weighted by molar-refractivity contribution is -0.137. The summed E-state index contributed by atoms with van der Waals surface area (Å²) in [7, 11) is 0. The van der Waals surface area contributed by atoms with Crippen LogP contribution in [-0.2, 0) is 16.0 Å². The molecule has 0 aromatic heterocycles. The van der Waals surface area contributed by atoms with E-state index in [2.05, 4.69) is 4.90 Å². The van der Waals surface area contributed by atoms with Crippen LogP contribution in [0.3, 0.4) is 0 Å². The molecular formula is C25H27FN2O3. The van der Waals surface area contributed by atoms with Gasteiger partial charge in [0.2, 0.25) is 0 Å². The molecule has 4 rings (SSSR count). The zero-order valence-corrected chi connectivity index (χ0v) is 17.8. The Morgan fingerprint density at radius 3 is 2.23 bits per heavy atom. The molecule has 162 valence electrons. The quantitative estimate of drug-likeness (QED) is 0.632. The zero-order chi connectivity index (χ0) is 21.8. The third kappa shape index (κ3) is 4.48. The van der Waals surface area contributed by atoms with E-state index >= 15 is 0 Å². The van der Waals surface area contributed by atoms with E-state index in [0.717, 1.165) is 49.2 Å². The number of halogens is 1. The lowest BCUT2D eigenvalue weighted by Crippen LogP contribution is -2.38. The summed E-state index contributed by atoms with van der Waals surface area (Å²) in [6, 6.07) is 13.5. The van der Waals surface area contributed by atoms with Crippen molar-refractivity contribution >= 4 is 17.4 Å². The Kier molecular flexibility index (Phi) is 6.35. The van der Waals surface area contributed by atoms with E-state index in [9.17, 15) is 14.0 Å². The molecule has 31 heavy (non-hydrogen) atoms. The van der Waals surface area contributed by atoms with Gasteiger partial charge in [0.1, 0.15) is 17.3 Å². The Balaban J connectivity index is 1.62. The maximum Gasteiger partial charge on any atom is 0.277 e. The second kappa shape index (κ2) is 9.33. The van der Waals surface area contributed by atoms with Gasteiger partial charge in [-0.1, -0.05) is 24.3 Å². The van der Waals surface area contributed by atoms with Gasteiger partial charge in [-0.25, -0.2) is 4.39 Å². The van der Waals surface area contributed by atoms with Gasteiger partial charge in [0.25, 0.3) is 11.8 Å². The molecule has 0 unspecified atom stereocenters. The first kappa shape index (κ1) is 21.1. The van der Waals surface area contributed by atoms with E-state index in [1.54, 1.807) is 12.1 Å². The van der Waals surface area contributed by atoms with Crippen LogP contribution < -0.4 is 4.74 Å². The fourth-order valence-electron chi connectivity index (χ4n) is 4.21. The second-order valence-electron chi connectivity index (χ2n) is 7.87. The number of piperidine rings is 1. The van der Waals surface area contributed by atoms with Crippen LogP contribution in [0.25, 0.3) is 5.57 Å². The standard InChI is InChI=1S/C25H27FN2O3/c1-2-31-21-12-8-19(9-13-21)22-23(27-15-4-3-5-16-27)25(30)28(24(22)29)17-14-18-6-10-20(26)11-7-18/h6-13H,2-5,14-17H2,1H3. The SMILES string of the molecule is CCOc1ccc(C2=C(N3CCCCC3)C(=O)N(CCc3ccc(F)cc3)C2=O)cc1. The number of amides is 2. The van der Waals surface area contributed by atoms with Gasteiger partial charge in [-0.2, -0.15) is 0 Å². The van der Waals surface area contributed by atoms with Crippen molar-refractivity contribution in [2.24, 2.45) is 0 Å². The molecule has 1 saturated heterocycles. The van der Waals surface area contributed by atoms with Gasteiger partial charge in [0.15, 0.2) is 0 Å². The summed E-state index contributed by atoms with van der Waals surface area (Å²) < 4.78 is 18.7. The molecule has 2 aromatic carbocycles. The van der Waals surface area contributed by atoms with Crippen molar-refractivity contribution in [1.82, 2.24) is 9.80 Å². The topological polar surface area (TPSA) is 49.9 Å². The highest BCUT2D eigenvalue weighted by Gasteiger charge is 2.41. The van der Waals surface area contributed by atoms with Gasteiger partial charge in [-0.3, -0.25) is 14.5 Å². The van der Waals surface area contributed by atoms with Crippen LogP contribution in [0.5, 0.6) is 5.75 Å². The van der Waals surface area contributed by atoms with Crippen LogP contribution in [-0.4, -0.2) is 47.9 Å². The Morgan fingerprint density at radius 1 is 0.903 bits per heavy atom. The summed E-state index contributed by atoms with van der Waals surface area (Å²) in [6.45, 7) is 4.31. The monoisotopic (exact) mass is 422 g/mol. The third-order valence-corrected chi connectivity index (χ3v) is 5.81. The van der Waals surface area contributed by atoms with Crippen molar-refractivity contribution in [3.63, 3.8) is 0 Å². The van der Waals surface area contributed by atoms with Crippen molar-refractivity contribution in [1.29, 1.82) is 0 Å². The Bertz CT molecular complexity index is 977. The van der Waals surface area contributed by atoms with Crippen LogP contribution in [0.15, 0.2) is 54.2 Å². The van der Waals surface area contributed by atoms with Crippen molar-refractivity contribution in [3.8, 4) is 5.75 Å². The molecule has 6 heteroatoms. The number of carbonyl (C=O) groups excluding carboxylic acids is 2. The summed E-state index contributed by atoms with van der Waals surface area (Å²) in [6.07, 6.45) is 3.65. The minimum Gasteiger partial charge on any atom is -0.494 e.